The lowest BCUT2D eigenvalue weighted by molar-refractivity contribution is 0.623. The summed E-state index contributed by atoms with van der Waals surface area (Å²) in [6, 6.07) is 10.4. The Labute approximate surface area is 110 Å². The maximum Gasteiger partial charge on any atom is 0.141 e. The van der Waals surface area contributed by atoms with Gasteiger partial charge in [-0.15, -0.1) is 0 Å². The molecule has 4 heteroatoms. The molecule has 3 rings (SSSR count). The average molecular weight is 253 g/mol. The van der Waals surface area contributed by atoms with E-state index in [4.69, 9.17) is 0 Å². The molecule has 0 atom stereocenters. The van der Waals surface area contributed by atoms with Crippen LogP contribution in [0.25, 0.3) is 11.4 Å². The minimum atomic E-state index is -0.222. The monoisotopic (exact) mass is 253 g/mol. The fraction of sp³-hybridized carbons (Fsp3) is 0.0667. The van der Waals surface area contributed by atoms with E-state index in [0.29, 0.717) is 6.54 Å². The molecule has 0 fully saturated rings. The maximum absolute atomic E-state index is 13.2. The molecule has 0 unspecified atom stereocenters. The third kappa shape index (κ3) is 2.52. The molecule has 3 aromatic rings. The van der Waals surface area contributed by atoms with Crippen LogP contribution >= 0.6 is 0 Å². The number of rotatable bonds is 3. The van der Waals surface area contributed by atoms with Crippen LogP contribution in [0, 0.1) is 5.82 Å². The zero-order valence-electron chi connectivity index (χ0n) is 10.2. The first-order valence-electron chi connectivity index (χ1n) is 5.99. The predicted molar refractivity (Wildman–Crippen MR) is 71.0 cm³/mol. The molecule has 0 spiro atoms. The van der Waals surface area contributed by atoms with E-state index in [1.165, 1.54) is 12.1 Å². The molecule has 0 aliphatic heterocycles. The van der Waals surface area contributed by atoms with Crippen molar-refractivity contribution in [3.05, 3.63) is 72.6 Å². The molecule has 2 aromatic heterocycles. The minimum Gasteiger partial charge on any atom is -0.327 e. The Balaban J connectivity index is 1.93. The van der Waals surface area contributed by atoms with Gasteiger partial charge in [-0.3, -0.25) is 4.98 Å². The van der Waals surface area contributed by atoms with Gasteiger partial charge >= 0.3 is 0 Å². The molecule has 0 saturated heterocycles. The lowest BCUT2D eigenvalue weighted by Crippen LogP contribution is -2.01. The Morgan fingerprint density at radius 1 is 1.11 bits per heavy atom. The van der Waals surface area contributed by atoms with E-state index < -0.39 is 0 Å². The van der Waals surface area contributed by atoms with Gasteiger partial charge in [-0.05, 0) is 29.8 Å². The molecule has 0 N–H and O–H groups in total. The van der Waals surface area contributed by atoms with Crippen LogP contribution in [0.3, 0.4) is 0 Å². The standard InChI is InChI=1S/C15H12FN3/c16-14-5-1-3-12(9-14)11-19-8-7-18-15(19)13-4-2-6-17-10-13/h1-10H,11H2. The van der Waals surface area contributed by atoms with Crippen LogP contribution < -0.4 is 0 Å². The lowest BCUT2D eigenvalue weighted by atomic mass is 10.2. The highest BCUT2D eigenvalue weighted by molar-refractivity contribution is 5.53. The normalized spacial score (nSPS) is 10.6. The summed E-state index contributed by atoms with van der Waals surface area (Å²) in [4.78, 5) is 8.42. The average Bonchev–Trinajstić information content (AvgIpc) is 2.88. The first kappa shape index (κ1) is 11.6. The first-order chi connectivity index (χ1) is 9.33. The van der Waals surface area contributed by atoms with E-state index in [0.717, 1.165) is 17.0 Å². The second kappa shape index (κ2) is 5.02. The summed E-state index contributed by atoms with van der Waals surface area (Å²) in [5, 5.41) is 0. The van der Waals surface area contributed by atoms with Gasteiger partial charge in [0.2, 0.25) is 0 Å². The Kier molecular flexibility index (Phi) is 3.06. The van der Waals surface area contributed by atoms with Gasteiger partial charge in [0.25, 0.3) is 0 Å². The van der Waals surface area contributed by atoms with E-state index in [9.17, 15) is 4.39 Å². The summed E-state index contributed by atoms with van der Waals surface area (Å²) in [6.45, 7) is 0.585. The van der Waals surface area contributed by atoms with Gasteiger partial charge in [0, 0.05) is 36.9 Å². The number of halogens is 1. The summed E-state index contributed by atoms with van der Waals surface area (Å²) in [5.41, 5.74) is 1.85. The van der Waals surface area contributed by atoms with Crippen molar-refractivity contribution in [2.75, 3.05) is 0 Å². The van der Waals surface area contributed by atoms with Crippen molar-refractivity contribution >= 4 is 0 Å². The van der Waals surface area contributed by atoms with Gasteiger partial charge in [0.05, 0.1) is 0 Å². The number of pyridine rings is 1. The van der Waals surface area contributed by atoms with Crippen molar-refractivity contribution in [1.82, 2.24) is 14.5 Å². The first-order valence-corrected chi connectivity index (χ1v) is 5.99. The number of hydrogen-bond acceptors (Lipinski definition) is 2. The van der Waals surface area contributed by atoms with Gasteiger partial charge in [-0.1, -0.05) is 12.1 Å². The van der Waals surface area contributed by atoms with Gasteiger partial charge in [0.1, 0.15) is 11.6 Å². The molecular weight excluding hydrogens is 241 g/mol. The van der Waals surface area contributed by atoms with Crippen LogP contribution in [0.15, 0.2) is 61.2 Å². The molecule has 19 heavy (non-hydrogen) atoms. The number of nitrogens with zero attached hydrogens (tertiary/aromatic N) is 3. The Morgan fingerprint density at radius 2 is 2.05 bits per heavy atom. The highest BCUT2D eigenvalue weighted by atomic mass is 19.1. The molecule has 1 aromatic carbocycles. The van der Waals surface area contributed by atoms with Crippen LogP contribution in [0.4, 0.5) is 4.39 Å². The smallest absolute Gasteiger partial charge is 0.141 e. The number of imidazole rings is 1. The van der Waals surface area contributed by atoms with Crippen molar-refractivity contribution in [1.29, 1.82) is 0 Å². The van der Waals surface area contributed by atoms with Crippen LogP contribution in [0.5, 0.6) is 0 Å². The van der Waals surface area contributed by atoms with Gasteiger partial charge in [-0.25, -0.2) is 9.37 Å². The zero-order valence-corrected chi connectivity index (χ0v) is 10.2. The Bertz CT molecular complexity index is 677. The van der Waals surface area contributed by atoms with Crippen molar-refractivity contribution < 1.29 is 4.39 Å². The molecule has 0 saturated carbocycles. The molecule has 0 aliphatic carbocycles. The molecule has 2 heterocycles. The molecule has 0 amide bonds. The second-order valence-corrected chi connectivity index (χ2v) is 4.25. The number of aromatic nitrogens is 3. The zero-order chi connectivity index (χ0) is 13.1. The van der Waals surface area contributed by atoms with Crippen molar-refractivity contribution in [2.45, 2.75) is 6.54 Å². The summed E-state index contributed by atoms with van der Waals surface area (Å²) in [5.74, 6) is 0.609. The fourth-order valence-electron chi connectivity index (χ4n) is 2.02. The van der Waals surface area contributed by atoms with E-state index in [2.05, 4.69) is 9.97 Å². The topological polar surface area (TPSA) is 30.7 Å². The quantitative estimate of drug-likeness (QED) is 0.718. The van der Waals surface area contributed by atoms with E-state index >= 15 is 0 Å². The SMILES string of the molecule is Fc1cccc(Cn2ccnc2-c2cccnc2)c1. The molecule has 0 bridgehead atoms. The third-order valence-electron chi connectivity index (χ3n) is 2.88. The minimum absolute atomic E-state index is 0.222. The van der Waals surface area contributed by atoms with Gasteiger partial charge in [-0.2, -0.15) is 0 Å². The molecular formula is C15H12FN3. The molecule has 3 nitrogen and oxygen atoms in total. The second-order valence-electron chi connectivity index (χ2n) is 4.25. The van der Waals surface area contributed by atoms with Crippen LogP contribution in [-0.4, -0.2) is 14.5 Å². The highest BCUT2D eigenvalue weighted by Crippen LogP contribution is 2.17. The Hall–Kier alpha value is -2.49. The molecule has 0 radical (unpaired) electrons. The Morgan fingerprint density at radius 3 is 2.84 bits per heavy atom. The van der Waals surface area contributed by atoms with Crippen molar-refractivity contribution in [2.24, 2.45) is 0 Å². The number of hydrogen-bond donors (Lipinski definition) is 0. The largest absolute Gasteiger partial charge is 0.327 e. The van der Waals surface area contributed by atoms with Gasteiger partial charge < -0.3 is 4.57 Å². The fourth-order valence-corrected chi connectivity index (χ4v) is 2.02. The predicted octanol–water partition coefficient (Wildman–Crippen LogP) is 3.13. The van der Waals surface area contributed by atoms with Crippen molar-refractivity contribution in [3.8, 4) is 11.4 Å². The maximum atomic E-state index is 13.2. The van der Waals surface area contributed by atoms with Crippen LogP contribution in [-0.2, 0) is 6.54 Å². The highest BCUT2D eigenvalue weighted by Gasteiger charge is 2.06. The van der Waals surface area contributed by atoms with Gasteiger partial charge in [0.15, 0.2) is 0 Å². The van der Waals surface area contributed by atoms with E-state index in [-0.39, 0.29) is 5.82 Å². The van der Waals surface area contributed by atoms with E-state index in [1.54, 1.807) is 24.7 Å². The number of benzene rings is 1. The lowest BCUT2D eigenvalue weighted by Gasteiger charge is -2.07. The third-order valence-corrected chi connectivity index (χ3v) is 2.88. The summed E-state index contributed by atoms with van der Waals surface area (Å²) in [7, 11) is 0. The van der Waals surface area contributed by atoms with Crippen molar-refractivity contribution in [3.63, 3.8) is 0 Å². The van der Waals surface area contributed by atoms with Crippen LogP contribution in [0.1, 0.15) is 5.56 Å². The van der Waals surface area contributed by atoms with Crippen LogP contribution in [0.2, 0.25) is 0 Å². The summed E-state index contributed by atoms with van der Waals surface area (Å²) in [6.07, 6.45) is 7.11. The molecule has 94 valence electrons. The van der Waals surface area contributed by atoms with E-state index in [1.807, 2.05) is 29.0 Å². The molecule has 0 aliphatic rings. The summed E-state index contributed by atoms with van der Waals surface area (Å²) >= 11 is 0. The summed E-state index contributed by atoms with van der Waals surface area (Å²) < 4.78 is 15.2.